The minimum absolute atomic E-state index is 0.177. The van der Waals surface area contributed by atoms with E-state index in [1.54, 1.807) is 24.4 Å². The van der Waals surface area contributed by atoms with Crippen molar-refractivity contribution in [3.8, 4) is 22.6 Å². The standard InChI is InChI=1S/C27H19NO2/c29-24-12-6-3-9-20(24)17-28-23-15-13-18-7-1-4-10-21(18)26(23)27-22-11-5-2-8-19(22)14-16-25(27)30/h1-17,29-30H. The predicted octanol–water partition coefficient (Wildman–Crippen LogP) is 6.82. The van der Waals surface area contributed by atoms with Crippen molar-refractivity contribution in [1.82, 2.24) is 0 Å². The molecule has 5 aromatic carbocycles. The Morgan fingerprint density at radius 3 is 1.87 bits per heavy atom. The van der Waals surface area contributed by atoms with Gasteiger partial charge < -0.3 is 10.2 Å². The Bertz CT molecular complexity index is 1420. The molecule has 0 aliphatic carbocycles. The molecule has 0 unspecified atom stereocenters. The Morgan fingerprint density at radius 2 is 1.13 bits per heavy atom. The summed E-state index contributed by atoms with van der Waals surface area (Å²) < 4.78 is 0. The molecule has 144 valence electrons. The third-order valence-corrected chi connectivity index (χ3v) is 5.34. The summed E-state index contributed by atoms with van der Waals surface area (Å²) in [6, 6.07) is 30.8. The highest BCUT2D eigenvalue weighted by Crippen LogP contribution is 2.44. The molecule has 0 fully saturated rings. The summed E-state index contributed by atoms with van der Waals surface area (Å²) in [4.78, 5) is 4.72. The van der Waals surface area contributed by atoms with Crippen LogP contribution in [0.1, 0.15) is 5.56 Å². The minimum atomic E-state index is 0.177. The molecule has 0 aliphatic rings. The van der Waals surface area contributed by atoms with E-state index in [4.69, 9.17) is 4.99 Å². The first-order valence-electron chi connectivity index (χ1n) is 9.77. The molecule has 0 saturated heterocycles. The SMILES string of the molecule is Oc1ccccc1C=Nc1ccc2ccccc2c1-c1c(O)ccc2ccccc12. The summed E-state index contributed by atoms with van der Waals surface area (Å²) in [5.41, 5.74) is 2.99. The highest BCUT2D eigenvalue weighted by molar-refractivity contribution is 6.11. The van der Waals surface area contributed by atoms with Gasteiger partial charge in [-0.3, -0.25) is 4.99 Å². The van der Waals surface area contributed by atoms with Crippen LogP contribution in [0.15, 0.2) is 102 Å². The predicted molar refractivity (Wildman–Crippen MR) is 124 cm³/mol. The number of fused-ring (bicyclic) bond motifs is 2. The Balaban J connectivity index is 1.83. The second-order valence-corrected chi connectivity index (χ2v) is 7.18. The minimum Gasteiger partial charge on any atom is -0.507 e. The lowest BCUT2D eigenvalue weighted by Crippen LogP contribution is -1.88. The normalized spacial score (nSPS) is 11.5. The summed E-state index contributed by atoms with van der Waals surface area (Å²) in [5, 5.41) is 25.1. The maximum Gasteiger partial charge on any atom is 0.124 e. The van der Waals surface area contributed by atoms with Crippen LogP contribution in [0.3, 0.4) is 0 Å². The van der Waals surface area contributed by atoms with Crippen molar-refractivity contribution in [1.29, 1.82) is 0 Å². The van der Waals surface area contributed by atoms with Crippen molar-refractivity contribution in [3.63, 3.8) is 0 Å². The molecule has 2 N–H and O–H groups in total. The largest absolute Gasteiger partial charge is 0.507 e. The first-order valence-corrected chi connectivity index (χ1v) is 9.77. The van der Waals surface area contributed by atoms with Crippen LogP contribution in [0.4, 0.5) is 5.69 Å². The number of nitrogens with zero attached hydrogens (tertiary/aromatic N) is 1. The van der Waals surface area contributed by atoms with E-state index in [0.29, 0.717) is 5.56 Å². The van der Waals surface area contributed by atoms with Crippen molar-refractivity contribution in [2.24, 2.45) is 4.99 Å². The number of phenolic OH excluding ortho intramolecular Hbond substituents is 2. The van der Waals surface area contributed by atoms with Crippen LogP contribution in [0, 0.1) is 0 Å². The molecule has 0 saturated carbocycles. The molecule has 0 aliphatic heterocycles. The molecular formula is C27H19NO2. The van der Waals surface area contributed by atoms with Gasteiger partial charge in [0, 0.05) is 22.9 Å². The van der Waals surface area contributed by atoms with E-state index in [0.717, 1.165) is 38.4 Å². The van der Waals surface area contributed by atoms with Gasteiger partial charge in [-0.1, -0.05) is 72.8 Å². The van der Waals surface area contributed by atoms with Crippen molar-refractivity contribution in [2.75, 3.05) is 0 Å². The van der Waals surface area contributed by atoms with Crippen LogP contribution in [0.5, 0.6) is 11.5 Å². The molecule has 3 nitrogen and oxygen atoms in total. The maximum atomic E-state index is 10.9. The topological polar surface area (TPSA) is 52.8 Å². The van der Waals surface area contributed by atoms with Crippen LogP contribution in [-0.2, 0) is 0 Å². The lowest BCUT2D eigenvalue weighted by molar-refractivity contribution is 0.474. The van der Waals surface area contributed by atoms with Crippen LogP contribution in [0.25, 0.3) is 32.7 Å². The average Bonchev–Trinajstić information content (AvgIpc) is 2.78. The van der Waals surface area contributed by atoms with Crippen LogP contribution in [-0.4, -0.2) is 16.4 Å². The van der Waals surface area contributed by atoms with Gasteiger partial charge in [0.15, 0.2) is 0 Å². The highest BCUT2D eigenvalue weighted by atomic mass is 16.3. The van der Waals surface area contributed by atoms with Gasteiger partial charge in [-0.05, 0) is 45.8 Å². The molecule has 5 aromatic rings. The maximum absolute atomic E-state index is 10.9. The number of aliphatic imine (C=N–C) groups is 1. The lowest BCUT2D eigenvalue weighted by Gasteiger charge is -2.15. The monoisotopic (exact) mass is 389 g/mol. The summed E-state index contributed by atoms with van der Waals surface area (Å²) in [7, 11) is 0. The van der Waals surface area contributed by atoms with E-state index in [-0.39, 0.29) is 11.5 Å². The van der Waals surface area contributed by atoms with Gasteiger partial charge in [-0.25, -0.2) is 0 Å². The molecule has 0 amide bonds. The second kappa shape index (κ2) is 7.37. The van der Waals surface area contributed by atoms with Crippen molar-refractivity contribution in [2.45, 2.75) is 0 Å². The fraction of sp³-hybridized carbons (Fsp3) is 0. The Hall–Kier alpha value is -4.11. The number of phenols is 2. The molecule has 30 heavy (non-hydrogen) atoms. The summed E-state index contributed by atoms with van der Waals surface area (Å²) in [6.07, 6.45) is 1.66. The molecule has 3 heteroatoms. The van der Waals surface area contributed by atoms with E-state index in [1.165, 1.54) is 0 Å². The Kier molecular flexibility index (Phi) is 4.41. The van der Waals surface area contributed by atoms with E-state index in [1.807, 2.05) is 72.8 Å². The first kappa shape index (κ1) is 18.0. The summed E-state index contributed by atoms with van der Waals surface area (Å²) in [5.74, 6) is 0.389. The zero-order chi connectivity index (χ0) is 20.5. The van der Waals surface area contributed by atoms with Gasteiger partial charge in [0.1, 0.15) is 11.5 Å². The number of hydrogen-bond acceptors (Lipinski definition) is 3. The highest BCUT2D eigenvalue weighted by Gasteiger charge is 2.16. The van der Waals surface area contributed by atoms with Crippen LogP contribution < -0.4 is 0 Å². The molecule has 0 aromatic heterocycles. The van der Waals surface area contributed by atoms with Gasteiger partial charge in [-0.2, -0.15) is 0 Å². The molecule has 0 bridgehead atoms. The molecule has 0 heterocycles. The third-order valence-electron chi connectivity index (χ3n) is 5.34. The zero-order valence-corrected chi connectivity index (χ0v) is 16.2. The van der Waals surface area contributed by atoms with E-state index >= 15 is 0 Å². The summed E-state index contributed by atoms with van der Waals surface area (Å²) >= 11 is 0. The molecule has 0 spiro atoms. The fourth-order valence-corrected chi connectivity index (χ4v) is 3.89. The van der Waals surface area contributed by atoms with E-state index < -0.39 is 0 Å². The average molecular weight is 389 g/mol. The van der Waals surface area contributed by atoms with Crippen LogP contribution in [0.2, 0.25) is 0 Å². The number of aromatic hydroxyl groups is 2. The Morgan fingerprint density at radius 1 is 0.533 bits per heavy atom. The number of benzene rings is 5. The molecule has 0 atom stereocenters. The molecule has 5 rings (SSSR count). The fourth-order valence-electron chi connectivity index (χ4n) is 3.89. The van der Waals surface area contributed by atoms with Crippen LogP contribution >= 0.6 is 0 Å². The Labute approximate surface area is 174 Å². The van der Waals surface area contributed by atoms with Gasteiger partial charge >= 0.3 is 0 Å². The van der Waals surface area contributed by atoms with Gasteiger partial charge in [0.25, 0.3) is 0 Å². The van der Waals surface area contributed by atoms with E-state index in [9.17, 15) is 10.2 Å². The van der Waals surface area contributed by atoms with Gasteiger partial charge in [0.2, 0.25) is 0 Å². The number of para-hydroxylation sites is 1. The first-order chi connectivity index (χ1) is 14.7. The van der Waals surface area contributed by atoms with E-state index in [2.05, 4.69) is 6.07 Å². The van der Waals surface area contributed by atoms with Crippen molar-refractivity contribution in [3.05, 3.63) is 103 Å². The molecule has 0 radical (unpaired) electrons. The number of rotatable bonds is 3. The smallest absolute Gasteiger partial charge is 0.124 e. The number of hydrogen-bond donors (Lipinski definition) is 2. The van der Waals surface area contributed by atoms with Gasteiger partial charge in [0.05, 0.1) is 5.69 Å². The molecular weight excluding hydrogens is 370 g/mol. The van der Waals surface area contributed by atoms with Gasteiger partial charge in [-0.15, -0.1) is 0 Å². The quantitative estimate of drug-likeness (QED) is 0.333. The van der Waals surface area contributed by atoms with Crippen molar-refractivity contribution < 1.29 is 10.2 Å². The zero-order valence-electron chi connectivity index (χ0n) is 16.2. The summed E-state index contributed by atoms with van der Waals surface area (Å²) in [6.45, 7) is 0. The third kappa shape index (κ3) is 3.07. The van der Waals surface area contributed by atoms with Crippen molar-refractivity contribution >= 4 is 33.4 Å². The second-order valence-electron chi connectivity index (χ2n) is 7.18. The lowest BCUT2D eigenvalue weighted by atomic mass is 9.92.